The quantitative estimate of drug-likeness (QED) is 0.636. The van der Waals surface area contributed by atoms with Crippen LogP contribution >= 0.6 is 0 Å². The first-order chi connectivity index (χ1) is 11.0. The smallest absolute Gasteiger partial charge is 0.269 e. The molecule has 0 unspecified atom stereocenters. The third-order valence-electron chi connectivity index (χ3n) is 3.93. The molecule has 0 spiro atoms. The molecule has 0 radical (unpaired) electrons. The van der Waals surface area contributed by atoms with Crippen molar-refractivity contribution in [1.29, 1.82) is 0 Å². The van der Waals surface area contributed by atoms with E-state index in [4.69, 9.17) is 4.52 Å². The monoisotopic (exact) mass is 316 g/mol. The molecule has 1 aromatic heterocycles. The van der Waals surface area contributed by atoms with E-state index in [-0.39, 0.29) is 17.5 Å². The van der Waals surface area contributed by atoms with Crippen molar-refractivity contribution < 1.29 is 14.2 Å². The average molecular weight is 316 g/mol. The number of hydrogen-bond donors (Lipinski definition) is 0. The van der Waals surface area contributed by atoms with Gasteiger partial charge in [0, 0.05) is 30.8 Å². The second kappa shape index (κ2) is 6.15. The number of amides is 1. The van der Waals surface area contributed by atoms with Crippen LogP contribution in [0, 0.1) is 17.0 Å². The van der Waals surface area contributed by atoms with Crippen molar-refractivity contribution in [1.82, 2.24) is 15.0 Å². The van der Waals surface area contributed by atoms with Gasteiger partial charge >= 0.3 is 0 Å². The zero-order valence-electron chi connectivity index (χ0n) is 12.6. The van der Waals surface area contributed by atoms with Crippen molar-refractivity contribution in [2.45, 2.75) is 25.7 Å². The molecule has 120 valence electrons. The van der Waals surface area contributed by atoms with Crippen molar-refractivity contribution in [3.8, 4) is 0 Å². The van der Waals surface area contributed by atoms with Crippen molar-refractivity contribution in [2.75, 3.05) is 13.1 Å². The molecule has 8 nitrogen and oxygen atoms in total. The van der Waals surface area contributed by atoms with Crippen LogP contribution in [-0.4, -0.2) is 39.0 Å². The summed E-state index contributed by atoms with van der Waals surface area (Å²) in [4.78, 5) is 28.7. The molecule has 0 bridgehead atoms. The van der Waals surface area contributed by atoms with E-state index >= 15 is 0 Å². The first-order valence-corrected chi connectivity index (χ1v) is 7.38. The van der Waals surface area contributed by atoms with E-state index in [0.717, 1.165) is 12.8 Å². The molecule has 2 aromatic rings. The number of nitro groups is 1. The lowest BCUT2D eigenvalue weighted by molar-refractivity contribution is -0.384. The zero-order chi connectivity index (χ0) is 16.4. The van der Waals surface area contributed by atoms with Crippen LogP contribution in [0.25, 0.3) is 0 Å². The summed E-state index contributed by atoms with van der Waals surface area (Å²) in [6.45, 7) is 2.92. The number of hydrogen-bond acceptors (Lipinski definition) is 6. The van der Waals surface area contributed by atoms with Gasteiger partial charge in [0.25, 0.3) is 11.6 Å². The van der Waals surface area contributed by atoms with Gasteiger partial charge in [-0.2, -0.15) is 4.98 Å². The van der Waals surface area contributed by atoms with Crippen LogP contribution in [-0.2, 0) is 0 Å². The van der Waals surface area contributed by atoms with E-state index in [0.29, 0.717) is 30.4 Å². The van der Waals surface area contributed by atoms with Gasteiger partial charge in [0.2, 0.25) is 5.89 Å². The number of non-ortho nitro benzene ring substituents is 1. The molecule has 23 heavy (non-hydrogen) atoms. The number of aryl methyl sites for hydroxylation is 1. The lowest BCUT2D eigenvalue weighted by Gasteiger charge is -2.31. The molecular formula is C15H16N4O4. The zero-order valence-corrected chi connectivity index (χ0v) is 12.6. The van der Waals surface area contributed by atoms with Gasteiger partial charge in [-0.1, -0.05) is 5.16 Å². The van der Waals surface area contributed by atoms with Gasteiger partial charge in [-0.3, -0.25) is 14.9 Å². The predicted octanol–water partition coefficient (Wildman–Crippen LogP) is 2.31. The molecule has 8 heteroatoms. The molecular weight excluding hydrogens is 300 g/mol. The predicted molar refractivity (Wildman–Crippen MR) is 80.0 cm³/mol. The molecule has 1 fully saturated rings. The topological polar surface area (TPSA) is 102 Å². The van der Waals surface area contributed by atoms with Crippen LogP contribution in [0.4, 0.5) is 5.69 Å². The Morgan fingerprint density at radius 1 is 1.39 bits per heavy atom. The standard InChI is InChI=1S/C15H16N4O4/c1-10-16-14(23-17-10)12-3-2-8-18(9-12)15(20)11-4-6-13(7-5-11)19(21)22/h4-7,12H,2-3,8-9H2,1H3/t12-/m1/s1. The Morgan fingerprint density at radius 3 is 2.74 bits per heavy atom. The Bertz CT molecular complexity index is 725. The second-order valence-electron chi connectivity index (χ2n) is 5.57. The summed E-state index contributed by atoms with van der Waals surface area (Å²) in [5.74, 6) is 1.04. The fraction of sp³-hybridized carbons (Fsp3) is 0.400. The normalized spacial score (nSPS) is 18.0. The Labute approximate surface area is 132 Å². The van der Waals surface area contributed by atoms with Crippen molar-refractivity contribution in [3.63, 3.8) is 0 Å². The van der Waals surface area contributed by atoms with Crippen molar-refractivity contribution in [2.24, 2.45) is 0 Å². The molecule has 1 aliphatic heterocycles. The van der Waals surface area contributed by atoms with Crippen LogP contribution in [0.2, 0.25) is 0 Å². The third-order valence-corrected chi connectivity index (χ3v) is 3.93. The van der Waals surface area contributed by atoms with Gasteiger partial charge in [0.15, 0.2) is 5.82 Å². The number of nitro benzene ring substituents is 1. The highest BCUT2D eigenvalue weighted by Crippen LogP contribution is 2.26. The number of nitrogens with zero attached hydrogens (tertiary/aromatic N) is 4. The van der Waals surface area contributed by atoms with E-state index < -0.39 is 4.92 Å². The lowest BCUT2D eigenvalue weighted by atomic mass is 9.97. The summed E-state index contributed by atoms with van der Waals surface area (Å²) >= 11 is 0. The van der Waals surface area contributed by atoms with Crippen molar-refractivity contribution in [3.05, 3.63) is 51.7 Å². The Kier molecular flexibility index (Phi) is 4.05. The molecule has 1 saturated heterocycles. The van der Waals surface area contributed by atoms with Crippen molar-refractivity contribution >= 4 is 11.6 Å². The highest BCUT2D eigenvalue weighted by molar-refractivity contribution is 5.94. The van der Waals surface area contributed by atoms with Crippen LogP contribution in [0.15, 0.2) is 28.8 Å². The summed E-state index contributed by atoms with van der Waals surface area (Å²) < 4.78 is 5.21. The number of benzene rings is 1. The molecule has 1 atom stereocenters. The fourth-order valence-electron chi connectivity index (χ4n) is 2.75. The molecule has 0 N–H and O–H groups in total. The van der Waals surface area contributed by atoms with Gasteiger partial charge in [-0.25, -0.2) is 0 Å². The molecule has 2 heterocycles. The molecule has 3 rings (SSSR count). The summed E-state index contributed by atoms with van der Waals surface area (Å²) in [7, 11) is 0. The maximum atomic E-state index is 12.6. The molecule has 1 amide bonds. The Balaban J connectivity index is 1.72. The molecule has 1 aromatic carbocycles. The maximum absolute atomic E-state index is 12.6. The van der Waals surface area contributed by atoms with E-state index in [1.807, 2.05) is 0 Å². The fourth-order valence-corrected chi connectivity index (χ4v) is 2.75. The highest BCUT2D eigenvalue weighted by Gasteiger charge is 2.28. The van der Waals surface area contributed by atoms with Gasteiger partial charge in [-0.15, -0.1) is 0 Å². The average Bonchev–Trinajstić information content (AvgIpc) is 3.01. The van der Waals surface area contributed by atoms with Crippen LogP contribution < -0.4 is 0 Å². The van der Waals surface area contributed by atoms with Gasteiger partial charge in [0.05, 0.1) is 10.8 Å². The second-order valence-corrected chi connectivity index (χ2v) is 5.57. The van der Waals surface area contributed by atoms with Gasteiger partial charge in [-0.05, 0) is 31.9 Å². The summed E-state index contributed by atoms with van der Waals surface area (Å²) in [6, 6.07) is 5.66. The van der Waals surface area contributed by atoms with E-state index in [9.17, 15) is 14.9 Å². The number of aromatic nitrogens is 2. The van der Waals surface area contributed by atoms with Gasteiger partial charge in [0.1, 0.15) is 0 Å². The van der Waals surface area contributed by atoms with Crippen LogP contribution in [0.3, 0.4) is 0 Å². The summed E-state index contributed by atoms with van der Waals surface area (Å²) in [5, 5.41) is 14.5. The number of rotatable bonds is 3. The minimum Gasteiger partial charge on any atom is -0.339 e. The SMILES string of the molecule is Cc1noc([C@@H]2CCCN(C(=O)c3ccc([N+](=O)[O-])cc3)C2)n1. The summed E-state index contributed by atoms with van der Waals surface area (Å²) in [5.41, 5.74) is 0.414. The molecule has 0 saturated carbocycles. The first-order valence-electron chi connectivity index (χ1n) is 7.38. The minimum absolute atomic E-state index is 0.0283. The minimum atomic E-state index is -0.483. The number of carbonyl (C=O) groups is 1. The largest absolute Gasteiger partial charge is 0.339 e. The van der Waals surface area contributed by atoms with E-state index in [2.05, 4.69) is 10.1 Å². The molecule has 0 aliphatic carbocycles. The number of piperidine rings is 1. The van der Waals surface area contributed by atoms with Gasteiger partial charge < -0.3 is 9.42 Å². The Morgan fingerprint density at radius 2 is 2.13 bits per heavy atom. The van der Waals surface area contributed by atoms with Crippen LogP contribution in [0.5, 0.6) is 0 Å². The lowest BCUT2D eigenvalue weighted by Crippen LogP contribution is -2.39. The number of carbonyl (C=O) groups excluding carboxylic acids is 1. The number of likely N-dealkylation sites (tertiary alicyclic amines) is 1. The highest BCUT2D eigenvalue weighted by atomic mass is 16.6. The Hall–Kier alpha value is -2.77. The summed E-state index contributed by atoms with van der Waals surface area (Å²) in [6.07, 6.45) is 1.75. The first kappa shape index (κ1) is 15.1. The molecule has 1 aliphatic rings. The third kappa shape index (κ3) is 3.20. The van der Waals surface area contributed by atoms with E-state index in [1.54, 1.807) is 11.8 Å². The maximum Gasteiger partial charge on any atom is 0.269 e. The van der Waals surface area contributed by atoms with E-state index in [1.165, 1.54) is 24.3 Å². The van der Waals surface area contributed by atoms with Crippen LogP contribution in [0.1, 0.15) is 40.8 Å².